The molecule has 102 valence electrons. The zero-order chi connectivity index (χ0) is 13.5. The maximum atomic E-state index is 12.3. The molecule has 0 atom stereocenters. The van der Waals surface area contributed by atoms with Crippen molar-refractivity contribution in [1.82, 2.24) is 0 Å². The molecule has 1 fully saturated rings. The van der Waals surface area contributed by atoms with E-state index < -0.39 is 5.41 Å². The van der Waals surface area contributed by atoms with Gasteiger partial charge in [0.15, 0.2) is 11.5 Å². The Hall–Kier alpha value is -1.75. The lowest BCUT2D eigenvalue weighted by Crippen LogP contribution is -2.51. The first kappa shape index (κ1) is 12.3. The number of benzene rings is 1. The molecule has 19 heavy (non-hydrogen) atoms. The van der Waals surface area contributed by atoms with E-state index in [1.807, 2.05) is 6.07 Å². The first-order valence-electron chi connectivity index (χ1n) is 6.54. The second kappa shape index (κ2) is 4.42. The van der Waals surface area contributed by atoms with Gasteiger partial charge in [-0.3, -0.25) is 4.79 Å². The summed E-state index contributed by atoms with van der Waals surface area (Å²) in [5, 5.41) is 2.93. The summed E-state index contributed by atoms with van der Waals surface area (Å²) in [6.45, 7) is 2.77. The summed E-state index contributed by atoms with van der Waals surface area (Å²) in [5.74, 6) is 1.96. The van der Waals surface area contributed by atoms with E-state index in [1.165, 1.54) is 0 Å². The van der Waals surface area contributed by atoms with Crippen LogP contribution in [0.2, 0.25) is 0 Å². The second-order valence-electron chi connectivity index (χ2n) is 5.52. The molecule has 0 spiro atoms. The summed E-state index contributed by atoms with van der Waals surface area (Å²) in [6, 6.07) is 5.40. The topological polar surface area (TPSA) is 73.6 Å². The Morgan fingerprint density at radius 2 is 2.16 bits per heavy atom. The molecule has 0 bridgehead atoms. The number of nitrogens with one attached hydrogen (secondary N) is 1. The average molecular weight is 262 g/mol. The lowest BCUT2D eigenvalue weighted by molar-refractivity contribution is -0.132. The van der Waals surface area contributed by atoms with Gasteiger partial charge in [-0.2, -0.15) is 0 Å². The Labute approximate surface area is 112 Å². The van der Waals surface area contributed by atoms with Crippen LogP contribution in [-0.2, 0) is 4.79 Å². The molecule has 0 aromatic heterocycles. The number of hydrogen-bond acceptors (Lipinski definition) is 4. The molecule has 5 heteroatoms. The number of anilines is 1. The number of hydrogen-bond donors (Lipinski definition) is 2. The number of amides is 1. The monoisotopic (exact) mass is 262 g/mol. The van der Waals surface area contributed by atoms with E-state index >= 15 is 0 Å². The lowest BCUT2D eigenvalue weighted by atomic mass is 9.62. The van der Waals surface area contributed by atoms with Gasteiger partial charge in [-0.15, -0.1) is 0 Å². The molecule has 3 N–H and O–H groups in total. The van der Waals surface area contributed by atoms with Crippen molar-refractivity contribution < 1.29 is 14.3 Å². The Balaban J connectivity index is 1.73. The van der Waals surface area contributed by atoms with Crippen LogP contribution in [0.3, 0.4) is 0 Å². The minimum atomic E-state index is -0.393. The highest BCUT2D eigenvalue weighted by molar-refractivity contribution is 5.96. The Morgan fingerprint density at radius 3 is 2.84 bits per heavy atom. The molecule has 0 radical (unpaired) electrons. The summed E-state index contributed by atoms with van der Waals surface area (Å²) in [4.78, 5) is 12.3. The average Bonchev–Trinajstić information content (AvgIpc) is 2.81. The molecule has 1 heterocycles. The summed E-state index contributed by atoms with van der Waals surface area (Å²) in [5.41, 5.74) is 6.10. The maximum absolute atomic E-state index is 12.3. The van der Waals surface area contributed by atoms with E-state index in [4.69, 9.17) is 15.2 Å². The van der Waals surface area contributed by atoms with Crippen molar-refractivity contribution >= 4 is 11.6 Å². The lowest BCUT2D eigenvalue weighted by Gasteiger charge is -2.44. The molecule has 2 aliphatic rings. The minimum absolute atomic E-state index is 0.00645. The maximum Gasteiger partial charge on any atom is 0.231 e. The minimum Gasteiger partial charge on any atom is -0.454 e. The van der Waals surface area contributed by atoms with Crippen molar-refractivity contribution in [1.29, 1.82) is 0 Å². The number of fused-ring (bicyclic) bond motifs is 1. The van der Waals surface area contributed by atoms with E-state index in [9.17, 15) is 4.79 Å². The number of nitrogens with two attached hydrogens (primary N) is 1. The van der Waals surface area contributed by atoms with Crippen LogP contribution < -0.4 is 20.5 Å². The largest absolute Gasteiger partial charge is 0.454 e. The number of carbonyl (C=O) groups is 1. The van der Waals surface area contributed by atoms with Gasteiger partial charge in [0, 0.05) is 18.3 Å². The molecule has 0 saturated heterocycles. The van der Waals surface area contributed by atoms with Gasteiger partial charge in [-0.1, -0.05) is 6.92 Å². The Bertz CT molecular complexity index is 509. The highest BCUT2D eigenvalue weighted by Gasteiger charge is 2.47. The fraction of sp³-hybridized carbons (Fsp3) is 0.500. The highest BCUT2D eigenvalue weighted by atomic mass is 16.7. The van der Waals surface area contributed by atoms with Crippen molar-refractivity contribution in [3.63, 3.8) is 0 Å². The molecular formula is C14H18N2O3. The Kier molecular flexibility index (Phi) is 2.86. The van der Waals surface area contributed by atoms with E-state index in [1.54, 1.807) is 12.1 Å². The zero-order valence-electron chi connectivity index (χ0n) is 10.9. The van der Waals surface area contributed by atoms with E-state index in [-0.39, 0.29) is 12.7 Å². The third-order valence-electron chi connectivity index (χ3n) is 3.98. The zero-order valence-corrected chi connectivity index (χ0v) is 10.9. The summed E-state index contributed by atoms with van der Waals surface area (Å²) in [7, 11) is 0. The SMILES string of the molecule is CC1CC(CN)(C(=O)Nc2ccc3c(c2)OCO3)C1. The molecule has 1 aliphatic carbocycles. The third kappa shape index (κ3) is 2.04. The van der Waals surface area contributed by atoms with Crippen molar-refractivity contribution in [2.45, 2.75) is 19.8 Å². The van der Waals surface area contributed by atoms with Crippen LogP contribution in [0.1, 0.15) is 19.8 Å². The van der Waals surface area contributed by atoms with E-state index in [0.29, 0.717) is 24.0 Å². The number of carbonyl (C=O) groups excluding carboxylic acids is 1. The first-order valence-corrected chi connectivity index (χ1v) is 6.54. The quantitative estimate of drug-likeness (QED) is 0.870. The van der Waals surface area contributed by atoms with Gasteiger partial charge >= 0.3 is 0 Å². The van der Waals surface area contributed by atoms with Gasteiger partial charge < -0.3 is 20.5 Å². The summed E-state index contributed by atoms with van der Waals surface area (Å²) >= 11 is 0. The molecule has 1 saturated carbocycles. The van der Waals surface area contributed by atoms with E-state index in [0.717, 1.165) is 18.5 Å². The summed E-state index contributed by atoms with van der Waals surface area (Å²) in [6.07, 6.45) is 1.72. The fourth-order valence-corrected chi connectivity index (χ4v) is 2.96. The first-order chi connectivity index (χ1) is 9.13. The second-order valence-corrected chi connectivity index (χ2v) is 5.52. The summed E-state index contributed by atoms with van der Waals surface area (Å²) < 4.78 is 10.5. The number of rotatable bonds is 3. The van der Waals surface area contributed by atoms with Crippen LogP contribution in [-0.4, -0.2) is 19.2 Å². The molecular weight excluding hydrogens is 244 g/mol. The molecule has 0 unspecified atom stereocenters. The smallest absolute Gasteiger partial charge is 0.231 e. The molecule has 1 aromatic carbocycles. The fourth-order valence-electron chi connectivity index (χ4n) is 2.96. The molecule has 1 amide bonds. The van der Waals surface area contributed by atoms with Gasteiger partial charge in [-0.05, 0) is 30.9 Å². The van der Waals surface area contributed by atoms with Gasteiger partial charge in [-0.25, -0.2) is 0 Å². The molecule has 3 rings (SSSR count). The van der Waals surface area contributed by atoms with Crippen LogP contribution in [0.25, 0.3) is 0 Å². The standard InChI is InChI=1S/C14H18N2O3/c1-9-5-14(6-9,7-15)13(17)16-10-2-3-11-12(4-10)19-8-18-11/h2-4,9H,5-8,15H2,1H3,(H,16,17). The molecule has 1 aliphatic heterocycles. The van der Waals surface area contributed by atoms with Crippen LogP contribution in [0, 0.1) is 11.3 Å². The molecule has 5 nitrogen and oxygen atoms in total. The van der Waals surface area contributed by atoms with Gasteiger partial charge in [0.05, 0.1) is 5.41 Å². The van der Waals surface area contributed by atoms with Gasteiger partial charge in [0.1, 0.15) is 0 Å². The predicted octanol–water partition coefficient (Wildman–Crippen LogP) is 1.73. The van der Waals surface area contributed by atoms with Crippen molar-refractivity contribution in [2.75, 3.05) is 18.7 Å². The van der Waals surface area contributed by atoms with Crippen LogP contribution >= 0.6 is 0 Å². The van der Waals surface area contributed by atoms with Crippen LogP contribution in [0.15, 0.2) is 18.2 Å². The van der Waals surface area contributed by atoms with Crippen LogP contribution in [0.5, 0.6) is 11.5 Å². The Morgan fingerprint density at radius 1 is 1.42 bits per heavy atom. The van der Waals surface area contributed by atoms with Crippen molar-refractivity contribution in [3.05, 3.63) is 18.2 Å². The van der Waals surface area contributed by atoms with Gasteiger partial charge in [0.2, 0.25) is 12.7 Å². The van der Waals surface area contributed by atoms with Gasteiger partial charge in [0.25, 0.3) is 0 Å². The third-order valence-corrected chi connectivity index (χ3v) is 3.98. The molecule has 1 aromatic rings. The van der Waals surface area contributed by atoms with Crippen LogP contribution in [0.4, 0.5) is 5.69 Å². The number of ether oxygens (including phenoxy) is 2. The van der Waals surface area contributed by atoms with E-state index in [2.05, 4.69) is 12.2 Å². The van der Waals surface area contributed by atoms with Crippen molar-refractivity contribution in [3.8, 4) is 11.5 Å². The predicted molar refractivity (Wildman–Crippen MR) is 71.1 cm³/mol. The van der Waals surface area contributed by atoms with Crippen molar-refractivity contribution in [2.24, 2.45) is 17.1 Å². The highest BCUT2D eigenvalue weighted by Crippen LogP contribution is 2.45. The normalized spacial score (nSPS) is 27.8.